The fourth-order valence-electron chi connectivity index (χ4n) is 5.26. The first kappa shape index (κ1) is 18.5. The molecule has 4 rings (SSSR count). The van der Waals surface area contributed by atoms with Crippen molar-refractivity contribution in [1.82, 2.24) is 14.8 Å². The van der Waals surface area contributed by atoms with Crippen LogP contribution in [0.2, 0.25) is 0 Å². The first-order chi connectivity index (χ1) is 13.1. The van der Waals surface area contributed by atoms with E-state index < -0.39 is 0 Å². The number of rotatable bonds is 4. The highest BCUT2D eigenvalue weighted by molar-refractivity contribution is 5.86. The average Bonchev–Trinajstić information content (AvgIpc) is 2.98. The first-order valence-corrected chi connectivity index (χ1v) is 10.6. The Bertz CT molecular complexity index is 661. The second-order valence-electron chi connectivity index (χ2n) is 8.87. The zero-order chi connectivity index (χ0) is 18.7. The second kappa shape index (κ2) is 7.99. The summed E-state index contributed by atoms with van der Waals surface area (Å²) in [6.45, 7) is 2.73. The van der Waals surface area contributed by atoms with E-state index in [4.69, 9.17) is 0 Å². The van der Waals surface area contributed by atoms with Crippen LogP contribution < -0.4 is 0 Å². The number of aromatic nitrogens is 1. The van der Waals surface area contributed by atoms with E-state index in [1.54, 1.807) is 0 Å². The van der Waals surface area contributed by atoms with Crippen molar-refractivity contribution in [3.8, 4) is 0 Å². The molecule has 0 atom stereocenters. The number of pyridine rings is 1. The summed E-state index contributed by atoms with van der Waals surface area (Å²) in [6.07, 6.45) is 13.6. The van der Waals surface area contributed by atoms with Crippen LogP contribution in [0, 0.1) is 11.3 Å². The van der Waals surface area contributed by atoms with Gasteiger partial charge in [-0.15, -0.1) is 0 Å². The average molecular weight is 370 g/mol. The topological polar surface area (TPSA) is 53.5 Å². The smallest absolute Gasteiger partial charge is 0.242 e. The standard InChI is InChI=1S/C22H31N3O2/c26-20-15-22(8-2-1-3-9-22)17-25(20)16-21(27)24-12-6-19(7-13-24)14-18-4-10-23-11-5-18/h4-5,10-11,19H,1-3,6-9,12-17H2. The van der Waals surface area contributed by atoms with Gasteiger partial charge in [0.05, 0.1) is 6.54 Å². The molecule has 5 heteroatoms. The van der Waals surface area contributed by atoms with E-state index in [1.165, 1.54) is 24.8 Å². The van der Waals surface area contributed by atoms with E-state index in [2.05, 4.69) is 17.1 Å². The summed E-state index contributed by atoms with van der Waals surface area (Å²) in [4.78, 5) is 33.1. The summed E-state index contributed by atoms with van der Waals surface area (Å²) in [5.74, 6) is 0.965. The molecule has 3 heterocycles. The van der Waals surface area contributed by atoms with E-state index in [-0.39, 0.29) is 23.8 Å². The number of likely N-dealkylation sites (tertiary alicyclic amines) is 2. The van der Waals surface area contributed by atoms with Gasteiger partial charge in [0.2, 0.25) is 11.8 Å². The van der Waals surface area contributed by atoms with Gasteiger partial charge in [0, 0.05) is 38.4 Å². The van der Waals surface area contributed by atoms with E-state index in [0.717, 1.165) is 51.7 Å². The molecule has 27 heavy (non-hydrogen) atoms. The Hall–Kier alpha value is -1.91. The van der Waals surface area contributed by atoms with Crippen LogP contribution >= 0.6 is 0 Å². The van der Waals surface area contributed by atoms with Crippen molar-refractivity contribution in [2.24, 2.45) is 11.3 Å². The molecule has 0 radical (unpaired) electrons. The number of amides is 2. The minimum absolute atomic E-state index is 0.138. The predicted octanol–water partition coefficient (Wildman–Crippen LogP) is 3.05. The Kier molecular flexibility index (Phi) is 5.46. The van der Waals surface area contributed by atoms with Crippen molar-refractivity contribution in [3.63, 3.8) is 0 Å². The highest BCUT2D eigenvalue weighted by Crippen LogP contribution is 2.44. The molecule has 0 aromatic carbocycles. The van der Waals surface area contributed by atoms with Crippen LogP contribution in [0.15, 0.2) is 24.5 Å². The number of carbonyl (C=O) groups excluding carboxylic acids is 2. The van der Waals surface area contributed by atoms with Gasteiger partial charge in [0.15, 0.2) is 0 Å². The van der Waals surface area contributed by atoms with E-state index in [1.807, 2.05) is 22.2 Å². The third-order valence-electron chi connectivity index (χ3n) is 6.89. The summed E-state index contributed by atoms with van der Waals surface area (Å²) in [5.41, 5.74) is 1.50. The van der Waals surface area contributed by atoms with Crippen LogP contribution in [-0.2, 0) is 16.0 Å². The maximum Gasteiger partial charge on any atom is 0.242 e. The van der Waals surface area contributed by atoms with Gasteiger partial charge in [0.25, 0.3) is 0 Å². The molecule has 2 aliphatic heterocycles. The molecular weight excluding hydrogens is 338 g/mol. The minimum atomic E-state index is 0.138. The molecular formula is C22H31N3O2. The quantitative estimate of drug-likeness (QED) is 0.820. The number of hydrogen-bond donors (Lipinski definition) is 0. The van der Waals surface area contributed by atoms with Crippen molar-refractivity contribution in [2.45, 2.75) is 57.8 Å². The zero-order valence-corrected chi connectivity index (χ0v) is 16.2. The molecule has 146 valence electrons. The van der Waals surface area contributed by atoms with E-state index in [9.17, 15) is 9.59 Å². The maximum absolute atomic E-state index is 12.8. The van der Waals surface area contributed by atoms with Gasteiger partial charge in [-0.3, -0.25) is 14.6 Å². The summed E-state index contributed by atoms with van der Waals surface area (Å²) in [7, 11) is 0. The molecule has 3 fully saturated rings. The molecule has 1 saturated carbocycles. The Morgan fingerprint density at radius 1 is 1.11 bits per heavy atom. The summed E-state index contributed by atoms with van der Waals surface area (Å²) < 4.78 is 0. The van der Waals surface area contributed by atoms with Crippen molar-refractivity contribution in [1.29, 1.82) is 0 Å². The van der Waals surface area contributed by atoms with Crippen molar-refractivity contribution < 1.29 is 9.59 Å². The first-order valence-electron chi connectivity index (χ1n) is 10.6. The molecule has 1 aromatic heterocycles. The van der Waals surface area contributed by atoms with Crippen LogP contribution in [0.25, 0.3) is 0 Å². The highest BCUT2D eigenvalue weighted by atomic mass is 16.2. The second-order valence-corrected chi connectivity index (χ2v) is 8.87. The largest absolute Gasteiger partial charge is 0.341 e. The van der Waals surface area contributed by atoms with Crippen LogP contribution in [0.4, 0.5) is 0 Å². The minimum Gasteiger partial charge on any atom is -0.341 e. The van der Waals surface area contributed by atoms with Gasteiger partial charge in [0.1, 0.15) is 0 Å². The van der Waals surface area contributed by atoms with Crippen LogP contribution in [0.5, 0.6) is 0 Å². The fourth-order valence-corrected chi connectivity index (χ4v) is 5.26. The van der Waals surface area contributed by atoms with Crippen LogP contribution in [-0.4, -0.2) is 52.8 Å². The third kappa shape index (κ3) is 4.33. The van der Waals surface area contributed by atoms with E-state index >= 15 is 0 Å². The van der Waals surface area contributed by atoms with Crippen LogP contribution in [0.1, 0.15) is 56.9 Å². The van der Waals surface area contributed by atoms with Crippen molar-refractivity contribution in [3.05, 3.63) is 30.1 Å². The van der Waals surface area contributed by atoms with Gasteiger partial charge in [-0.1, -0.05) is 19.3 Å². The molecule has 0 N–H and O–H groups in total. The Labute approximate surface area is 162 Å². The van der Waals surface area contributed by atoms with Gasteiger partial charge >= 0.3 is 0 Å². The van der Waals surface area contributed by atoms with Gasteiger partial charge in [-0.05, 0) is 61.1 Å². The lowest BCUT2D eigenvalue weighted by Crippen LogP contribution is -2.45. The lowest BCUT2D eigenvalue weighted by molar-refractivity contribution is -0.139. The Morgan fingerprint density at radius 2 is 1.81 bits per heavy atom. The zero-order valence-electron chi connectivity index (χ0n) is 16.2. The van der Waals surface area contributed by atoms with Crippen molar-refractivity contribution >= 4 is 11.8 Å². The third-order valence-corrected chi connectivity index (χ3v) is 6.89. The molecule has 1 spiro atoms. The lowest BCUT2D eigenvalue weighted by atomic mass is 9.73. The van der Waals surface area contributed by atoms with E-state index in [0.29, 0.717) is 12.3 Å². The van der Waals surface area contributed by atoms with Crippen molar-refractivity contribution in [2.75, 3.05) is 26.2 Å². The number of nitrogens with zero attached hydrogens (tertiary/aromatic N) is 3. The molecule has 3 aliphatic rings. The van der Waals surface area contributed by atoms with Gasteiger partial charge in [-0.25, -0.2) is 0 Å². The summed E-state index contributed by atoms with van der Waals surface area (Å²) >= 11 is 0. The molecule has 5 nitrogen and oxygen atoms in total. The summed E-state index contributed by atoms with van der Waals surface area (Å²) in [6, 6.07) is 4.16. The number of carbonyl (C=O) groups is 2. The summed E-state index contributed by atoms with van der Waals surface area (Å²) in [5, 5.41) is 0. The molecule has 0 bridgehead atoms. The molecule has 1 aromatic rings. The Balaban J connectivity index is 1.25. The number of hydrogen-bond acceptors (Lipinski definition) is 3. The predicted molar refractivity (Wildman–Crippen MR) is 104 cm³/mol. The molecule has 2 saturated heterocycles. The SMILES string of the molecule is O=C(CN1CC2(CCCCC2)CC1=O)N1CCC(Cc2ccncc2)CC1. The van der Waals surface area contributed by atoms with Gasteiger partial charge in [-0.2, -0.15) is 0 Å². The lowest BCUT2D eigenvalue weighted by Gasteiger charge is -2.34. The molecule has 1 aliphatic carbocycles. The fraction of sp³-hybridized carbons (Fsp3) is 0.682. The Morgan fingerprint density at radius 3 is 2.52 bits per heavy atom. The normalized spacial score (nSPS) is 23.2. The van der Waals surface area contributed by atoms with Crippen LogP contribution in [0.3, 0.4) is 0 Å². The molecule has 2 amide bonds. The number of piperidine rings is 1. The monoisotopic (exact) mass is 369 g/mol. The van der Waals surface area contributed by atoms with Gasteiger partial charge < -0.3 is 9.80 Å². The molecule has 0 unspecified atom stereocenters. The maximum atomic E-state index is 12.8. The highest BCUT2D eigenvalue weighted by Gasteiger charge is 2.44.